The predicted molar refractivity (Wildman–Crippen MR) is 50.4 cm³/mol. The number of hydrogen-bond acceptors (Lipinski definition) is 6. The average Bonchev–Trinajstić information content (AvgIpc) is 2.33. The Morgan fingerprint density at radius 2 is 2.15 bits per heavy atom. The van der Waals surface area contributed by atoms with Crippen molar-refractivity contribution < 1.29 is 5.11 Å². The van der Waals surface area contributed by atoms with E-state index in [1.54, 1.807) is 20.9 Å². The molecule has 0 saturated heterocycles. The van der Waals surface area contributed by atoms with Gasteiger partial charge in [-0.25, -0.2) is 0 Å². The standard InChI is InChI=1S/C7H12N4OS/c1-7(2,12)4-5-9-11-6(13-5)10-8-3/h12H,4H2,1-3H3. The van der Waals surface area contributed by atoms with Crippen molar-refractivity contribution in [2.24, 2.45) is 10.2 Å². The first kappa shape index (κ1) is 10.2. The Morgan fingerprint density at radius 1 is 1.46 bits per heavy atom. The third-order valence-electron chi connectivity index (χ3n) is 1.23. The van der Waals surface area contributed by atoms with E-state index in [0.717, 1.165) is 5.01 Å². The first-order valence-corrected chi connectivity index (χ1v) is 4.67. The molecule has 5 nitrogen and oxygen atoms in total. The summed E-state index contributed by atoms with van der Waals surface area (Å²) >= 11 is 1.34. The number of aliphatic hydroxyl groups is 1. The summed E-state index contributed by atoms with van der Waals surface area (Å²) in [7, 11) is 1.58. The van der Waals surface area contributed by atoms with Crippen LogP contribution in [0.4, 0.5) is 5.13 Å². The molecule has 0 atom stereocenters. The molecule has 0 spiro atoms. The molecule has 1 N–H and O–H groups in total. The molecule has 13 heavy (non-hydrogen) atoms. The molecule has 6 heteroatoms. The fourth-order valence-electron chi connectivity index (χ4n) is 0.812. The zero-order valence-electron chi connectivity index (χ0n) is 7.85. The molecule has 0 amide bonds. The maximum absolute atomic E-state index is 9.50. The lowest BCUT2D eigenvalue weighted by molar-refractivity contribution is 0.0807. The van der Waals surface area contributed by atoms with Crippen molar-refractivity contribution >= 4 is 16.5 Å². The number of rotatable bonds is 3. The Labute approximate surface area is 80.5 Å². The molecule has 0 aliphatic heterocycles. The van der Waals surface area contributed by atoms with Gasteiger partial charge >= 0.3 is 0 Å². The van der Waals surface area contributed by atoms with E-state index in [0.29, 0.717) is 11.6 Å². The first-order valence-electron chi connectivity index (χ1n) is 3.86. The molecule has 0 bridgehead atoms. The highest BCUT2D eigenvalue weighted by Gasteiger charge is 2.16. The monoisotopic (exact) mass is 200 g/mol. The zero-order valence-corrected chi connectivity index (χ0v) is 8.67. The van der Waals surface area contributed by atoms with E-state index in [2.05, 4.69) is 20.4 Å². The van der Waals surface area contributed by atoms with E-state index < -0.39 is 5.60 Å². The van der Waals surface area contributed by atoms with Gasteiger partial charge in [0.2, 0.25) is 0 Å². The molecule has 1 aromatic heterocycles. The molecule has 0 unspecified atom stereocenters. The van der Waals surface area contributed by atoms with Gasteiger partial charge < -0.3 is 5.11 Å². The van der Waals surface area contributed by atoms with Gasteiger partial charge in [-0.3, -0.25) is 0 Å². The van der Waals surface area contributed by atoms with Gasteiger partial charge in [-0.2, -0.15) is 5.11 Å². The summed E-state index contributed by atoms with van der Waals surface area (Å²) < 4.78 is 0. The van der Waals surface area contributed by atoms with Crippen LogP contribution in [0.5, 0.6) is 0 Å². The lowest BCUT2D eigenvalue weighted by Crippen LogP contribution is -2.21. The first-order chi connectivity index (χ1) is 6.01. The number of hydrogen-bond donors (Lipinski definition) is 1. The second-order valence-electron chi connectivity index (χ2n) is 3.27. The fraction of sp³-hybridized carbons (Fsp3) is 0.714. The molecule has 0 aliphatic carbocycles. The quantitative estimate of drug-likeness (QED) is 0.753. The highest BCUT2D eigenvalue weighted by atomic mass is 32.1. The van der Waals surface area contributed by atoms with Crippen LogP contribution in [0.25, 0.3) is 0 Å². The lowest BCUT2D eigenvalue weighted by atomic mass is 10.1. The van der Waals surface area contributed by atoms with Crippen LogP contribution in [-0.2, 0) is 6.42 Å². The van der Waals surface area contributed by atoms with Gasteiger partial charge in [-0.1, -0.05) is 11.3 Å². The van der Waals surface area contributed by atoms with Crippen molar-refractivity contribution in [3.8, 4) is 0 Å². The minimum atomic E-state index is -0.750. The van der Waals surface area contributed by atoms with Crippen LogP contribution in [0.1, 0.15) is 18.9 Å². The van der Waals surface area contributed by atoms with Crippen molar-refractivity contribution in [3.63, 3.8) is 0 Å². The van der Waals surface area contributed by atoms with Crippen molar-refractivity contribution in [1.82, 2.24) is 10.2 Å². The molecule has 72 valence electrons. The Hall–Kier alpha value is -0.880. The van der Waals surface area contributed by atoms with Crippen molar-refractivity contribution in [2.45, 2.75) is 25.9 Å². The molecule has 0 fully saturated rings. The Bertz CT molecular complexity index is 302. The number of aromatic nitrogens is 2. The number of azo groups is 1. The maximum atomic E-state index is 9.50. The van der Waals surface area contributed by atoms with Crippen LogP contribution in [0.15, 0.2) is 10.2 Å². The Morgan fingerprint density at radius 3 is 2.69 bits per heavy atom. The van der Waals surface area contributed by atoms with Crippen LogP contribution in [0.3, 0.4) is 0 Å². The molecule has 0 aliphatic rings. The molecular formula is C7H12N4OS. The van der Waals surface area contributed by atoms with Gasteiger partial charge in [0, 0.05) is 13.5 Å². The third-order valence-corrected chi connectivity index (χ3v) is 2.03. The summed E-state index contributed by atoms with van der Waals surface area (Å²) in [6, 6.07) is 0. The summed E-state index contributed by atoms with van der Waals surface area (Å²) in [6.07, 6.45) is 0.490. The molecular weight excluding hydrogens is 188 g/mol. The summed E-state index contributed by atoms with van der Waals surface area (Å²) in [4.78, 5) is 0. The largest absolute Gasteiger partial charge is 0.390 e. The highest BCUT2D eigenvalue weighted by molar-refractivity contribution is 7.14. The molecule has 0 saturated carbocycles. The van der Waals surface area contributed by atoms with Gasteiger partial charge in [0.15, 0.2) is 0 Å². The molecule has 1 heterocycles. The van der Waals surface area contributed by atoms with Gasteiger partial charge in [0.05, 0.1) is 5.60 Å². The van der Waals surface area contributed by atoms with E-state index >= 15 is 0 Å². The number of nitrogens with zero attached hydrogens (tertiary/aromatic N) is 4. The lowest BCUT2D eigenvalue weighted by Gasteiger charge is -2.13. The van der Waals surface area contributed by atoms with E-state index in [4.69, 9.17) is 0 Å². The summed E-state index contributed by atoms with van der Waals surface area (Å²) in [5.41, 5.74) is -0.750. The summed E-state index contributed by atoms with van der Waals surface area (Å²) in [6.45, 7) is 3.46. The topological polar surface area (TPSA) is 70.7 Å². The predicted octanol–water partition coefficient (Wildman–Crippen LogP) is 1.56. The summed E-state index contributed by atoms with van der Waals surface area (Å²) in [5.74, 6) is 0. The second kappa shape index (κ2) is 3.89. The molecule has 0 radical (unpaired) electrons. The smallest absolute Gasteiger partial charge is 0.251 e. The zero-order chi connectivity index (χ0) is 9.90. The average molecular weight is 200 g/mol. The Kier molecular flexibility index (Phi) is 3.05. The SMILES string of the molecule is CN=Nc1nnc(CC(C)(C)O)s1. The minimum absolute atomic E-state index is 0.490. The van der Waals surface area contributed by atoms with E-state index in [9.17, 15) is 5.11 Å². The van der Waals surface area contributed by atoms with Gasteiger partial charge in [0.1, 0.15) is 5.01 Å². The van der Waals surface area contributed by atoms with Crippen molar-refractivity contribution in [2.75, 3.05) is 7.05 Å². The van der Waals surface area contributed by atoms with Crippen LogP contribution in [0.2, 0.25) is 0 Å². The summed E-state index contributed by atoms with van der Waals surface area (Å²) in [5, 5.41) is 25.8. The van der Waals surface area contributed by atoms with Gasteiger partial charge in [-0.05, 0) is 13.8 Å². The van der Waals surface area contributed by atoms with Crippen LogP contribution in [-0.4, -0.2) is 28.0 Å². The fourth-order valence-corrected chi connectivity index (χ4v) is 1.73. The maximum Gasteiger partial charge on any atom is 0.251 e. The highest BCUT2D eigenvalue weighted by Crippen LogP contribution is 2.22. The van der Waals surface area contributed by atoms with E-state index in [-0.39, 0.29) is 0 Å². The van der Waals surface area contributed by atoms with E-state index in [1.807, 2.05) is 0 Å². The molecule has 0 aromatic carbocycles. The third kappa shape index (κ3) is 3.56. The van der Waals surface area contributed by atoms with Crippen LogP contribution >= 0.6 is 11.3 Å². The van der Waals surface area contributed by atoms with Crippen molar-refractivity contribution in [1.29, 1.82) is 0 Å². The van der Waals surface area contributed by atoms with Gasteiger partial charge in [-0.15, -0.1) is 15.3 Å². The van der Waals surface area contributed by atoms with Crippen molar-refractivity contribution in [3.05, 3.63) is 5.01 Å². The van der Waals surface area contributed by atoms with Crippen LogP contribution < -0.4 is 0 Å². The minimum Gasteiger partial charge on any atom is -0.390 e. The Balaban J connectivity index is 2.69. The van der Waals surface area contributed by atoms with Crippen LogP contribution in [0, 0.1) is 0 Å². The molecule has 1 aromatic rings. The molecule has 1 rings (SSSR count). The van der Waals surface area contributed by atoms with E-state index in [1.165, 1.54) is 11.3 Å². The second-order valence-corrected chi connectivity index (χ2v) is 4.31. The van der Waals surface area contributed by atoms with Gasteiger partial charge in [0.25, 0.3) is 5.13 Å². The normalized spacial score (nSPS) is 12.6.